The zero-order valence-electron chi connectivity index (χ0n) is 20.9. The molecule has 1 aliphatic rings. The number of hydrogen-bond donors (Lipinski definition) is 1. The van der Waals surface area contributed by atoms with E-state index in [1.54, 1.807) is 42.6 Å². The van der Waals surface area contributed by atoms with Crippen molar-refractivity contribution in [3.8, 4) is 11.4 Å². The Labute approximate surface area is 221 Å². The van der Waals surface area contributed by atoms with Crippen LogP contribution >= 0.6 is 0 Å². The smallest absolute Gasteiger partial charge is 0.268 e. The minimum Gasteiger partial charge on any atom is -0.489 e. The summed E-state index contributed by atoms with van der Waals surface area (Å²) >= 11 is 0. The Morgan fingerprint density at radius 2 is 1.74 bits per heavy atom. The van der Waals surface area contributed by atoms with Crippen LogP contribution in [0.2, 0.25) is 0 Å². The maximum atomic E-state index is 13.9. The Morgan fingerprint density at radius 3 is 2.50 bits per heavy atom. The summed E-state index contributed by atoms with van der Waals surface area (Å²) in [5, 5.41) is 4.19. The molecule has 0 atom stereocenters. The van der Waals surface area contributed by atoms with E-state index in [9.17, 15) is 13.2 Å². The summed E-state index contributed by atoms with van der Waals surface area (Å²) in [6.07, 6.45) is 2.39. The van der Waals surface area contributed by atoms with E-state index in [0.717, 1.165) is 40.7 Å². The van der Waals surface area contributed by atoms with Crippen molar-refractivity contribution in [3.05, 3.63) is 124 Å². The predicted octanol–water partition coefficient (Wildman–Crippen LogP) is 4.56. The first kappa shape index (κ1) is 24.2. The summed E-state index contributed by atoms with van der Waals surface area (Å²) in [5.74, 6) is 0.475. The van der Waals surface area contributed by atoms with Gasteiger partial charge in [0.25, 0.3) is 15.6 Å². The molecule has 0 unspecified atom stereocenters. The molecule has 6 rings (SSSR count). The molecule has 3 heterocycles. The molecular formula is C30H27N3O4S. The molecule has 0 spiro atoms. The van der Waals surface area contributed by atoms with Crippen LogP contribution < -0.4 is 15.6 Å². The molecular weight excluding hydrogens is 498 g/mol. The first-order valence-corrected chi connectivity index (χ1v) is 13.9. The zero-order chi connectivity index (χ0) is 26.3. The molecule has 0 saturated carbocycles. The highest BCUT2D eigenvalue weighted by atomic mass is 32.2. The zero-order valence-corrected chi connectivity index (χ0v) is 21.7. The van der Waals surface area contributed by atoms with Crippen LogP contribution in [0, 0.1) is 6.92 Å². The van der Waals surface area contributed by atoms with Crippen LogP contribution in [-0.2, 0) is 29.6 Å². The summed E-state index contributed by atoms with van der Waals surface area (Å²) in [6, 6.07) is 25.4. The summed E-state index contributed by atoms with van der Waals surface area (Å²) in [7, 11) is -3.86. The number of ether oxygens (including phenoxy) is 1. The Hall–Kier alpha value is -4.14. The van der Waals surface area contributed by atoms with Gasteiger partial charge in [-0.25, -0.2) is 12.4 Å². The largest absolute Gasteiger partial charge is 0.489 e. The fourth-order valence-electron chi connectivity index (χ4n) is 4.99. The third-order valence-corrected chi connectivity index (χ3v) is 8.71. The quantitative estimate of drug-likeness (QED) is 0.351. The van der Waals surface area contributed by atoms with E-state index in [1.165, 1.54) is 14.6 Å². The number of pyridine rings is 1. The van der Waals surface area contributed by atoms with Crippen molar-refractivity contribution in [2.45, 2.75) is 31.4 Å². The molecule has 2 aromatic heterocycles. The van der Waals surface area contributed by atoms with Gasteiger partial charge in [0.05, 0.1) is 21.8 Å². The van der Waals surface area contributed by atoms with Gasteiger partial charge < -0.3 is 10.1 Å². The molecule has 0 saturated heterocycles. The topological polar surface area (TPSA) is 82.3 Å². The second-order valence-electron chi connectivity index (χ2n) is 9.48. The fourth-order valence-corrected chi connectivity index (χ4v) is 6.55. The number of fused-ring (bicyclic) bond motifs is 3. The summed E-state index contributed by atoms with van der Waals surface area (Å²) in [4.78, 5) is 13.3. The third kappa shape index (κ3) is 4.31. The first-order chi connectivity index (χ1) is 18.4. The number of rotatable bonds is 6. The van der Waals surface area contributed by atoms with Gasteiger partial charge in [0.1, 0.15) is 12.4 Å². The van der Waals surface area contributed by atoms with Gasteiger partial charge in [-0.05, 0) is 61.3 Å². The van der Waals surface area contributed by atoms with Crippen LogP contribution in [-0.4, -0.2) is 23.5 Å². The predicted molar refractivity (Wildman–Crippen MR) is 147 cm³/mol. The van der Waals surface area contributed by atoms with E-state index in [-0.39, 0.29) is 10.5 Å². The SMILES string of the molecule is Cc1ccc(S(=O)(=O)n2c3c(c4ccc(-n5ccc(OCc6ccccc6)cc5=O)cc42)CCNC3)cc1. The molecule has 5 aromatic rings. The Balaban J connectivity index is 1.42. The molecule has 0 aliphatic carbocycles. The van der Waals surface area contributed by atoms with Crippen LogP contribution in [0.1, 0.15) is 22.4 Å². The lowest BCUT2D eigenvalue weighted by atomic mass is 10.0. The molecule has 192 valence electrons. The minimum absolute atomic E-state index is 0.232. The standard InChI is InChI=1S/C30H27N3O4S/c1-21-7-10-25(11-8-21)38(35,36)33-28-17-23(9-12-26(28)27-13-15-31-19-29(27)33)32-16-14-24(18-30(32)34)37-20-22-5-3-2-4-6-22/h2-12,14,16-18,31H,13,15,19-20H2,1H3. The maximum Gasteiger partial charge on any atom is 0.268 e. The summed E-state index contributed by atoms with van der Waals surface area (Å²) in [6.45, 7) is 3.52. The summed E-state index contributed by atoms with van der Waals surface area (Å²) in [5.41, 5.74) is 4.65. The van der Waals surface area contributed by atoms with Crippen molar-refractivity contribution in [1.29, 1.82) is 0 Å². The molecule has 1 aliphatic heterocycles. The highest BCUT2D eigenvalue weighted by Crippen LogP contribution is 2.33. The van der Waals surface area contributed by atoms with Crippen LogP contribution in [0.5, 0.6) is 5.75 Å². The van der Waals surface area contributed by atoms with Gasteiger partial charge in [0.15, 0.2) is 0 Å². The molecule has 8 heteroatoms. The molecule has 7 nitrogen and oxygen atoms in total. The van der Waals surface area contributed by atoms with E-state index < -0.39 is 10.0 Å². The summed E-state index contributed by atoms with van der Waals surface area (Å²) < 4.78 is 36.5. The number of nitrogens with one attached hydrogen (secondary N) is 1. The monoisotopic (exact) mass is 525 g/mol. The van der Waals surface area contributed by atoms with Crippen molar-refractivity contribution in [1.82, 2.24) is 13.9 Å². The average molecular weight is 526 g/mol. The number of nitrogens with zero attached hydrogens (tertiary/aromatic N) is 2. The van der Waals surface area contributed by atoms with E-state index in [1.807, 2.05) is 49.4 Å². The van der Waals surface area contributed by atoms with Gasteiger partial charge >= 0.3 is 0 Å². The molecule has 0 radical (unpaired) electrons. The van der Waals surface area contributed by atoms with Crippen LogP contribution in [0.25, 0.3) is 16.6 Å². The average Bonchev–Trinajstić information content (AvgIpc) is 3.27. The highest BCUT2D eigenvalue weighted by molar-refractivity contribution is 7.90. The van der Waals surface area contributed by atoms with Gasteiger partial charge in [-0.1, -0.05) is 54.1 Å². The number of benzene rings is 3. The molecule has 0 bridgehead atoms. The van der Waals surface area contributed by atoms with Crippen molar-refractivity contribution >= 4 is 20.9 Å². The lowest BCUT2D eigenvalue weighted by Gasteiger charge is -2.17. The molecule has 3 aromatic carbocycles. The lowest BCUT2D eigenvalue weighted by molar-refractivity contribution is 0.305. The second-order valence-corrected chi connectivity index (χ2v) is 11.3. The second kappa shape index (κ2) is 9.63. The minimum atomic E-state index is -3.86. The Kier molecular flexibility index (Phi) is 6.13. The maximum absolute atomic E-state index is 13.9. The third-order valence-electron chi connectivity index (χ3n) is 6.94. The van der Waals surface area contributed by atoms with Gasteiger partial charge in [-0.3, -0.25) is 9.36 Å². The van der Waals surface area contributed by atoms with Gasteiger partial charge in [-0.2, -0.15) is 0 Å². The number of aryl methyl sites for hydroxylation is 1. The first-order valence-electron chi connectivity index (χ1n) is 12.5. The fraction of sp³-hybridized carbons (Fsp3) is 0.167. The normalized spacial score (nSPS) is 13.4. The van der Waals surface area contributed by atoms with Crippen LogP contribution in [0.4, 0.5) is 0 Å². The van der Waals surface area contributed by atoms with Gasteiger partial charge in [-0.15, -0.1) is 0 Å². The Morgan fingerprint density at radius 1 is 0.947 bits per heavy atom. The van der Waals surface area contributed by atoms with Crippen LogP contribution in [0.15, 0.2) is 101 Å². The van der Waals surface area contributed by atoms with E-state index in [2.05, 4.69) is 5.32 Å². The van der Waals surface area contributed by atoms with E-state index in [4.69, 9.17) is 4.74 Å². The van der Waals surface area contributed by atoms with Gasteiger partial charge in [0.2, 0.25) is 0 Å². The number of aromatic nitrogens is 2. The van der Waals surface area contributed by atoms with Crippen molar-refractivity contribution in [2.75, 3.05) is 6.54 Å². The molecule has 1 N–H and O–H groups in total. The molecule has 0 fully saturated rings. The van der Waals surface area contributed by atoms with Crippen molar-refractivity contribution < 1.29 is 13.2 Å². The molecule has 0 amide bonds. The van der Waals surface area contributed by atoms with E-state index in [0.29, 0.717) is 30.1 Å². The lowest BCUT2D eigenvalue weighted by Crippen LogP contribution is -2.27. The van der Waals surface area contributed by atoms with Crippen molar-refractivity contribution in [3.63, 3.8) is 0 Å². The van der Waals surface area contributed by atoms with Gasteiger partial charge in [0, 0.05) is 24.2 Å². The molecule has 38 heavy (non-hydrogen) atoms. The Bertz CT molecular complexity index is 1800. The highest BCUT2D eigenvalue weighted by Gasteiger charge is 2.28. The van der Waals surface area contributed by atoms with Crippen LogP contribution in [0.3, 0.4) is 0 Å². The number of hydrogen-bond acceptors (Lipinski definition) is 5. The van der Waals surface area contributed by atoms with E-state index >= 15 is 0 Å². The van der Waals surface area contributed by atoms with Crippen molar-refractivity contribution in [2.24, 2.45) is 0 Å².